The molecule has 1 rings (SSSR count). The minimum atomic E-state index is 0.409. The maximum absolute atomic E-state index is 2.82. The summed E-state index contributed by atoms with van der Waals surface area (Å²) >= 11 is 0. The summed E-state index contributed by atoms with van der Waals surface area (Å²) < 4.78 is 0. The van der Waals surface area contributed by atoms with Crippen molar-refractivity contribution in [3.8, 4) is 0 Å². The summed E-state index contributed by atoms with van der Waals surface area (Å²) in [4.78, 5) is 0. The average Bonchev–Trinajstić information content (AvgIpc) is 2.06. The molecule has 0 aliphatic carbocycles. The van der Waals surface area contributed by atoms with Crippen LogP contribution in [0.3, 0.4) is 0 Å². The van der Waals surface area contributed by atoms with Crippen LogP contribution in [0.25, 0.3) is 0 Å². The molecule has 1 atom stereocenters. The second-order valence-corrected chi connectivity index (χ2v) is 4.44. The molecule has 1 aromatic carbocycles. The van der Waals surface area contributed by atoms with Gasteiger partial charge in [0.05, 0.1) is 0 Å². The van der Waals surface area contributed by atoms with Crippen LogP contribution < -0.4 is 0 Å². The van der Waals surface area contributed by atoms with E-state index in [0.29, 0.717) is 5.41 Å². The topological polar surface area (TPSA) is 0 Å². The van der Waals surface area contributed by atoms with E-state index in [1.807, 2.05) is 0 Å². The molecule has 0 aromatic heterocycles. The SMILES string of the molecule is CC(C)(CP)Cc1ccccc1. The summed E-state index contributed by atoms with van der Waals surface area (Å²) in [5.74, 6) is 0. The van der Waals surface area contributed by atoms with Crippen molar-refractivity contribution >= 4 is 9.24 Å². The maximum Gasteiger partial charge on any atom is -0.0224 e. The Morgan fingerprint density at radius 1 is 1.17 bits per heavy atom. The fourth-order valence-electron chi connectivity index (χ4n) is 1.22. The highest BCUT2D eigenvalue weighted by atomic mass is 31.0. The lowest BCUT2D eigenvalue weighted by molar-refractivity contribution is 0.421. The quantitative estimate of drug-likeness (QED) is 0.627. The minimum Gasteiger partial charge on any atom is -0.137 e. The summed E-state index contributed by atoms with van der Waals surface area (Å²) in [5.41, 5.74) is 1.84. The van der Waals surface area contributed by atoms with Gasteiger partial charge in [-0.3, -0.25) is 0 Å². The van der Waals surface area contributed by atoms with Crippen molar-refractivity contribution in [3.05, 3.63) is 35.9 Å². The highest BCUT2D eigenvalue weighted by Crippen LogP contribution is 2.23. The molecular formula is C11H17P. The van der Waals surface area contributed by atoms with Gasteiger partial charge >= 0.3 is 0 Å². The van der Waals surface area contributed by atoms with Crippen molar-refractivity contribution in [1.82, 2.24) is 0 Å². The average molecular weight is 180 g/mol. The zero-order valence-corrected chi connectivity index (χ0v) is 9.03. The Balaban J connectivity index is 2.64. The van der Waals surface area contributed by atoms with E-state index >= 15 is 0 Å². The Morgan fingerprint density at radius 2 is 1.75 bits per heavy atom. The Kier molecular flexibility index (Phi) is 3.29. The van der Waals surface area contributed by atoms with E-state index in [2.05, 4.69) is 53.4 Å². The lowest BCUT2D eigenvalue weighted by Crippen LogP contribution is -2.16. The summed E-state index contributed by atoms with van der Waals surface area (Å²) in [6, 6.07) is 10.7. The highest BCUT2D eigenvalue weighted by Gasteiger charge is 2.14. The first-order valence-electron chi connectivity index (χ1n) is 4.38. The summed E-state index contributed by atoms with van der Waals surface area (Å²) in [6.07, 6.45) is 2.32. The molecule has 0 spiro atoms. The van der Waals surface area contributed by atoms with Gasteiger partial charge in [0, 0.05) is 0 Å². The third-order valence-electron chi connectivity index (χ3n) is 2.08. The summed E-state index contributed by atoms with van der Waals surface area (Å²) in [6.45, 7) is 4.60. The smallest absolute Gasteiger partial charge is 0.0224 e. The molecule has 12 heavy (non-hydrogen) atoms. The van der Waals surface area contributed by atoms with Gasteiger partial charge in [0.15, 0.2) is 0 Å². The van der Waals surface area contributed by atoms with E-state index in [1.54, 1.807) is 0 Å². The van der Waals surface area contributed by atoms with Gasteiger partial charge in [0.1, 0.15) is 0 Å². The largest absolute Gasteiger partial charge is 0.137 e. The lowest BCUT2D eigenvalue weighted by Gasteiger charge is -2.22. The van der Waals surface area contributed by atoms with Gasteiger partial charge < -0.3 is 0 Å². The van der Waals surface area contributed by atoms with Crippen LogP contribution in [0.15, 0.2) is 30.3 Å². The standard InChI is InChI=1S/C11H17P/c1-11(2,9-12)8-10-6-4-3-5-7-10/h3-7H,8-9,12H2,1-2H3. The molecule has 0 heterocycles. The molecule has 1 aromatic rings. The summed E-state index contributed by atoms with van der Waals surface area (Å²) in [7, 11) is 2.82. The van der Waals surface area contributed by atoms with Gasteiger partial charge in [-0.15, -0.1) is 9.24 Å². The van der Waals surface area contributed by atoms with Crippen LogP contribution in [0.5, 0.6) is 0 Å². The molecule has 0 aliphatic rings. The third-order valence-corrected chi connectivity index (χ3v) is 3.18. The molecule has 0 N–H and O–H groups in total. The number of hydrogen-bond acceptors (Lipinski definition) is 0. The monoisotopic (exact) mass is 180 g/mol. The van der Waals surface area contributed by atoms with Gasteiger partial charge in [-0.1, -0.05) is 44.2 Å². The van der Waals surface area contributed by atoms with Crippen LogP contribution in [-0.4, -0.2) is 6.16 Å². The van der Waals surface area contributed by atoms with Crippen LogP contribution in [0.1, 0.15) is 19.4 Å². The molecule has 0 aliphatic heterocycles. The second kappa shape index (κ2) is 4.05. The number of rotatable bonds is 3. The zero-order valence-electron chi connectivity index (χ0n) is 7.88. The van der Waals surface area contributed by atoms with Crippen molar-refractivity contribution in [3.63, 3.8) is 0 Å². The fourth-order valence-corrected chi connectivity index (χ4v) is 1.36. The third kappa shape index (κ3) is 2.95. The molecule has 0 fully saturated rings. The van der Waals surface area contributed by atoms with Crippen molar-refractivity contribution in [2.75, 3.05) is 6.16 Å². The Labute approximate surface area is 77.6 Å². The van der Waals surface area contributed by atoms with Gasteiger partial charge in [0.2, 0.25) is 0 Å². The molecule has 0 amide bonds. The first-order chi connectivity index (χ1) is 5.64. The van der Waals surface area contributed by atoms with Crippen molar-refractivity contribution in [1.29, 1.82) is 0 Å². The van der Waals surface area contributed by atoms with E-state index < -0.39 is 0 Å². The molecule has 0 radical (unpaired) electrons. The zero-order chi connectivity index (χ0) is 9.03. The van der Waals surface area contributed by atoms with Crippen molar-refractivity contribution in [2.24, 2.45) is 5.41 Å². The van der Waals surface area contributed by atoms with Crippen LogP contribution >= 0.6 is 9.24 Å². The molecule has 0 saturated carbocycles. The molecule has 0 saturated heterocycles. The fraction of sp³-hybridized carbons (Fsp3) is 0.455. The van der Waals surface area contributed by atoms with E-state index in [-0.39, 0.29) is 0 Å². The molecule has 1 heteroatoms. The molecule has 1 unspecified atom stereocenters. The van der Waals surface area contributed by atoms with Gasteiger partial charge in [-0.2, -0.15) is 0 Å². The van der Waals surface area contributed by atoms with Crippen molar-refractivity contribution < 1.29 is 0 Å². The lowest BCUT2D eigenvalue weighted by atomic mass is 9.88. The summed E-state index contributed by atoms with van der Waals surface area (Å²) in [5, 5.41) is 0. The van der Waals surface area contributed by atoms with E-state index in [9.17, 15) is 0 Å². The number of hydrogen-bond donors (Lipinski definition) is 0. The molecule has 66 valence electrons. The number of benzene rings is 1. The second-order valence-electron chi connectivity index (χ2n) is 4.03. The predicted octanol–water partition coefficient (Wildman–Crippen LogP) is 3.13. The Hall–Kier alpha value is -0.350. The maximum atomic E-state index is 2.82. The van der Waals surface area contributed by atoms with Gasteiger partial charge in [0.25, 0.3) is 0 Å². The van der Waals surface area contributed by atoms with Crippen molar-refractivity contribution in [2.45, 2.75) is 20.3 Å². The predicted molar refractivity (Wildman–Crippen MR) is 58.5 cm³/mol. The molecule has 0 bridgehead atoms. The van der Waals surface area contributed by atoms with Crippen LogP contribution in [-0.2, 0) is 6.42 Å². The van der Waals surface area contributed by atoms with E-state index in [4.69, 9.17) is 0 Å². The van der Waals surface area contributed by atoms with E-state index in [1.165, 1.54) is 5.56 Å². The van der Waals surface area contributed by atoms with Crippen LogP contribution in [0.4, 0.5) is 0 Å². The van der Waals surface area contributed by atoms with Gasteiger partial charge in [-0.25, -0.2) is 0 Å². The van der Waals surface area contributed by atoms with E-state index in [0.717, 1.165) is 12.6 Å². The van der Waals surface area contributed by atoms with Crippen LogP contribution in [0.2, 0.25) is 0 Å². The Morgan fingerprint density at radius 3 is 2.25 bits per heavy atom. The minimum absolute atomic E-state index is 0.409. The Bertz CT molecular complexity index is 226. The molecular weight excluding hydrogens is 163 g/mol. The first-order valence-corrected chi connectivity index (χ1v) is 5.20. The normalized spacial score (nSPS) is 11.6. The van der Waals surface area contributed by atoms with Crippen LogP contribution in [0, 0.1) is 5.41 Å². The first kappa shape index (κ1) is 9.74. The molecule has 0 nitrogen and oxygen atoms in total. The van der Waals surface area contributed by atoms with Gasteiger partial charge in [-0.05, 0) is 23.6 Å². The highest BCUT2D eigenvalue weighted by molar-refractivity contribution is 7.16.